The summed E-state index contributed by atoms with van der Waals surface area (Å²) in [6.07, 6.45) is 3.95. The van der Waals surface area contributed by atoms with Gasteiger partial charge in [-0.05, 0) is 113 Å². The molecule has 2 aliphatic heterocycles. The van der Waals surface area contributed by atoms with E-state index in [1.165, 1.54) is 5.56 Å². The number of aryl methyl sites for hydroxylation is 2. The number of ether oxygens (including phenoxy) is 2. The Labute approximate surface area is 224 Å². The summed E-state index contributed by atoms with van der Waals surface area (Å²) in [5, 5.41) is 28.2. The fraction of sp³-hybridized carbons (Fsp3) is 0.429. The maximum Gasteiger partial charge on any atom is 0.189 e. The van der Waals surface area contributed by atoms with Crippen molar-refractivity contribution in [1.82, 2.24) is 0 Å². The summed E-state index contributed by atoms with van der Waals surface area (Å²) in [6, 6.07) is 10.4. The molecule has 2 aromatic rings. The first-order valence-corrected chi connectivity index (χ1v) is 13.8. The predicted molar refractivity (Wildman–Crippen MR) is 141 cm³/mol. The summed E-state index contributed by atoms with van der Waals surface area (Å²) >= 11 is 15.9. The van der Waals surface area contributed by atoms with Gasteiger partial charge in [0.05, 0.1) is 6.61 Å². The van der Waals surface area contributed by atoms with Crippen molar-refractivity contribution in [1.29, 1.82) is 0 Å². The Bertz CT molecular complexity index is 774. The van der Waals surface area contributed by atoms with Crippen LogP contribution in [0.3, 0.4) is 0 Å². The van der Waals surface area contributed by atoms with Crippen LogP contribution < -0.4 is 9.47 Å². The number of benzene rings is 2. The van der Waals surface area contributed by atoms with Crippen LogP contribution in [0.15, 0.2) is 36.4 Å². The van der Waals surface area contributed by atoms with E-state index in [1.54, 1.807) is 24.3 Å². The maximum absolute atomic E-state index is 9.26. The van der Waals surface area contributed by atoms with Gasteiger partial charge in [-0.3, -0.25) is 0 Å². The monoisotopic (exact) mass is 750 g/mol. The summed E-state index contributed by atoms with van der Waals surface area (Å²) in [5.74, 6) is 2.01. The Hall–Kier alpha value is 0.000000000000000167. The molecule has 3 N–H and O–H groups in total. The van der Waals surface area contributed by atoms with Gasteiger partial charge in [0.15, 0.2) is 1.05 Å². The molecular formula is C21H23Br5O5. The molecular weight excluding hydrogens is 732 g/mol. The van der Waals surface area contributed by atoms with Crippen LogP contribution in [0.1, 0.15) is 24.0 Å². The van der Waals surface area contributed by atoms with Gasteiger partial charge in [-0.1, -0.05) is 28.1 Å². The Morgan fingerprint density at radius 2 is 1.23 bits per heavy atom. The van der Waals surface area contributed by atoms with E-state index in [9.17, 15) is 10.2 Å². The SMILES string of the molecule is BrC(Br)(Br)Br.OCC1CCc2ccc(O)cc2O1.Oc1ccc2c(c1)OC(CBr)CC2. The smallest absolute Gasteiger partial charge is 0.189 e. The molecule has 31 heavy (non-hydrogen) atoms. The molecule has 0 spiro atoms. The summed E-state index contributed by atoms with van der Waals surface area (Å²) in [4.78, 5) is 0. The number of alkyl halides is 5. The van der Waals surface area contributed by atoms with Crippen molar-refractivity contribution in [3.05, 3.63) is 47.5 Å². The van der Waals surface area contributed by atoms with Crippen molar-refractivity contribution >= 4 is 79.6 Å². The second kappa shape index (κ2) is 13.0. The van der Waals surface area contributed by atoms with Gasteiger partial charge < -0.3 is 24.8 Å². The average Bonchev–Trinajstić information content (AvgIpc) is 2.71. The highest BCUT2D eigenvalue weighted by Gasteiger charge is 2.19. The van der Waals surface area contributed by atoms with Crippen LogP contribution in [0.4, 0.5) is 0 Å². The molecule has 5 nitrogen and oxygen atoms in total. The van der Waals surface area contributed by atoms with E-state index in [1.807, 2.05) is 12.1 Å². The van der Waals surface area contributed by atoms with Gasteiger partial charge in [-0.2, -0.15) is 0 Å². The van der Waals surface area contributed by atoms with E-state index in [-0.39, 0.29) is 31.4 Å². The molecule has 10 heteroatoms. The molecule has 0 amide bonds. The number of phenols is 2. The minimum absolute atomic E-state index is 0.0368. The molecule has 0 saturated carbocycles. The first-order valence-electron chi connectivity index (χ1n) is 9.48. The lowest BCUT2D eigenvalue weighted by atomic mass is 10.0. The molecule has 0 saturated heterocycles. The molecule has 0 aromatic heterocycles. The third kappa shape index (κ3) is 10.2. The fourth-order valence-corrected chi connectivity index (χ4v) is 3.52. The van der Waals surface area contributed by atoms with Gasteiger partial charge in [0.2, 0.25) is 0 Å². The minimum atomic E-state index is -0.250. The number of fused-ring (bicyclic) bond motifs is 2. The third-order valence-electron chi connectivity index (χ3n) is 4.54. The Morgan fingerprint density at radius 1 is 0.806 bits per heavy atom. The molecule has 2 aromatic carbocycles. The highest BCUT2D eigenvalue weighted by molar-refractivity contribution is 9.52. The van der Waals surface area contributed by atoms with Crippen molar-refractivity contribution in [3.63, 3.8) is 0 Å². The lowest BCUT2D eigenvalue weighted by molar-refractivity contribution is 0.0975. The number of halogens is 5. The molecule has 0 radical (unpaired) electrons. The molecule has 0 fully saturated rings. The normalized spacial score (nSPS) is 19.2. The van der Waals surface area contributed by atoms with Crippen LogP contribution >= 0.6 is 79.6 Å². The van der Waals surface area contributed by atoms with Crippen LogP contribution in [0.2, 0.25) is 0 Å². The zero-order valence-corrected chi connectivity index (χ0v) is 24.3. The van der Waals surface area contributed by atoms with Crippen molar-refractivity contribution in [3.8, 4) is 23.0 Å². The number of hydrogen-bond acceptors (Lipinski definition) is 5. The van der Waals surface area contributed by atoms with Crippen molar-refractivity contribution in [2.45, 2.75) is 38.9 Å². The van der Waals surface area contributed by atoms with E-state index < -0.39 is 0 Å². The average molecular weight is 755 g/mol. The van der Waals surface area contributed by atoms with Gasteiger partial charge in [-0.15, -0.1) is 0 Å². The van der Waals surface area contributed by atoms with Gasteiger partial charge >= 0.3 is 0 Å². The Balaban J connectivity index is 0.000000182. The molecule has 0 bridgehead atoms. The van der Waals surface area contributed by atoms with Crippen LogP contribution in [0.25, 0.3) is 0 Å². The summed E-state index contributed by atoms with van der Waals surface area (Å²) in [7, 11) is 0. The maximum atomic E-state index is 9.26. The topological polar surface area (TPSA) is 79.2 Å². The quantitative estimate of drug-likeness (QED) is 0.297. The van der Waals surface area contributed by atoms with Crippen molar-refractivity contribution in [2.75, 3.05) is 11.9 Å². The van der Waals surface area contributed by atoms with Gasteiger partial charge in [0.1, 0.15) is 35.2 Å². The second-order valence-corrected chi connectivity index (χ2v) is 18.7. The number of phenolic OH excluding ortho intramolecular Hbond substituents is 2. The number of aliphatic hydroxyl groups is 1. The molecule has 0 aliphatic carbocycles. The minimum Gasteiger partial charge on any atom is -0.508 e. The highest BCUT2D eigenvalue weighted by atomic mass is 80.0. The molecule has 2 aliphatic rings. The first kappa shape index (κ1) is 27.2. The molecule has 2 heterocycles. The molecule has 172 valence electrons. The third-order valence-corrected chi connectivity index (χ3v) is 5.26. The van der Waals surface area contributed by atoms with E-state index >= 15 is 0 Å². The standard InChI is InChI=1S/C10H11BrO2.C10H12O3.CBr4/c2*11-6-9-4-2-7-1-3-8(12)5-10(7)13-9;2-1(3,4)5/h1,3,5,9,12H,2,4,6H2;1,3,5,9,11-12H,2,4,6H2;. The second-order valence-electron chi connectivity index (χ2n) is 6.91. The summed E-state index contributed by atoms with van der Waals surface area (Å²) in [6.45, 7) is 0.0368. The summed E-state index contributed by atoms with van der Waals surface area (Å²) < 4.78 is 10.9. The van der Waals surface area contributed by atoms with Crippen LogP contribution in [0.5, 0.6) is 23.0 Å². The number of aliphatic hydroxyl groups excluding tert-OH is 1. The Kier molecular flexibility index (Phi) is 11.5. The van der Waals surface area contributed by atoms with Crippen LogP contribution in [0, 0.1) is 0 Å². The number of rotatable bonds is 2. The molecule has 2 atom stereocenters. The summed E-state index contributed by atoms with van der Waals surface area (Å²) in [5.41, 5.74) is 2.29. The number of hydrogen-bond donors (Lipinski definition) is 3. The van der Waals surface area contributed by atoms with Crippen LogP contribution in [-0.2, 0) is 12.8 Å². The Morgan fingerprint density at radius 3 is 1.65 bits per heavy atom. The van der Waals surface area contributed by atoms with E-state index in [0.29, 0.717) is 5.75 Å². The lowest BCUT2D eigenvalue weighted by Crippen LogP contribution is -2.25. The first-order chi connectivity index (χ1) is 14.6. The fourth-order valence-electron chi connectivity index (χ4n) is 3.07. The zero-order chi connectivity index (χ0) is 23.0. The lowest BCUT2D eigenvalue weighted by Gasteiger charge is -2.24. The van der Waals surface area contributed by atoms with E-state index in [4.69, 9.17) is 14.6 Å². The van der Waals surface area contributed by atoms with Gasteiger partial charge in [-0.25, -0.2) is 0 Å². The highest BCUT2D eigenvalue weighted by Crippen LogP contribution is 2.39. The van der Waals surface area contributed by atoms with E-state index in [0.717, 1.165) is 42.3 Å². The molecule has 2 unspecified atom stereocenters. The predicted octanol–water partition coefficient (Wildman–Crippen LogP) is 6.74. The van der Waals surface area contributed by atoms with Gasteiger partial charge in [0, 0.05) is 17.5 Å². The van der Waals surface area contributed by atoms with Crippen molar-refractivity contribution < 1.29 is 24.8 Å². The molecule has 4 rings (SSSR count). The largest absolute Gasteiger partial charge is 0.508 e. The zero-order valence-electron chi connectivity index (χ0n) is 16.4. The van der Waals surface area contributed by atoms with Crippen LogP contribution in [-0.4, -0.2) is 40.5 Å². The van der Waals surface area contributed by atoms with Crippen molar-refractivity contribution in [2.24, 2.45) is 0 Å². The number of aromatic hydroxyl groups is 2. The van der Waals surface area contributed by atoms with Gasteiger partial charge in [0.25, 0.3) is 0 Å². The van der Waals surface area contributed by atoms with E-state index in [2.05, 4.69) is 79.6 Å².